The average Bonchev–Trinajstić information content (AvgIpc) is 2.28. The minimum absolute atomic E-state index is 1.06. The smallest absolute Gasteiger partial charge is 0.0846 e. The molecule has 0 spiro atoms. The first-order valence-corrected chi connectivity index (χ1v) is 9.89. The Hall–Kier alpha value is -1.08. The summed E-state index contributed by atoms with van der Waals surface area (Å²) in [5, 5.41) is 1.55. The van der Waals surface area contributed by atoms with E-state index in [0.29, 0.717) is 0 Å². The largest absolute Gasteiger partial charge is 0.0998 e. The van der Waals surface area contributed by atoms with Crippen molar-refractivity contribution < 1.29 is 0 Å². The predicted molar refractivity (Wildman–Crippen MR) is 86.2 cm³/mol. The van der Waals surface area contributed by atoms with Gasteiger partial charge < -0.3 is 0 Å². The zero-order chi connectivity index (χ0) is 13.8. The maximum atomic E-state index is 4.06. The van der Waals surface area contributed by atoms with Gasteiger partial charge in [-0.15, -0.1) is 0 Å². The highest BCUT2D eigenvalue weighted by molar-refractivity contribution is 6.90. The Kier molecular flexibility index (Phi) is 5.15. The van der Waals surface area contributed by atoms with Gasteiger partial charge in [0.25, 0.3) is 0 Å². The van der Waals surface area contributed by atoms with Crippen LogP contribution in [0.25, 0.3) is 0 Å². The molecule has 0 aliphatic rings. The molecule has 0 aliphatic heterocycles. The Labute approximate surface area is 113 Å². The van der Waals surface area contributed by atoms with Crippen LogP contribution < -0.4 is 5.19 Å². The van der Waals surface area contributed by atoms with Gasteiger partial charge >= 0.3 is 0 Å². The summed E-state index contributed by atoms with van der Waals surface area (Å²) in [6.07, 6.45) is 1.06. The lowest BCUT2D eigenvalue weighted by molar-refractivity contribution is 1.05. The fourth-order valence-electron chi connectivity index (χ4n) is 2.31. The zero-order valence-corrected chi connectivity index (χ0v) is 13.5. The molecule has 0 bridgehead atoms. The van der Waals surface area contributed by atoms with Crippen molar-refractivity contribution in [3.63, 3.8) is 0 Å². The number of hydrogen-bond acceptors (Lipinski definition) is 0. The van der Waals surface area contributed by atoms with Gasteiger partial charge in [0.1, 0.15) is 0 Å². The fraction of sp³-hybridized carbons (Fsp3) is 0.412. The van der Waals surface area contributed by atoms with Crippen LogP contribution >= 0.6 is 0 Å². The summed E-state index contributed by atoms with van der Waals surface area (Å²) < 4.78 is 0. The summed E-state index contributed by atoms with van der Waals surface area (Å²) in [7, 11) is -1.37. The molecule has 0 heterocycles. The molecule has 0 aliphatic carbocycles. The predicted octanol–water partition coefficient (Wildman–Crippen LogP) is 4.90. The third-order valence-electron chi connectivity index (χ3n) is 3.43. The molecule has 0 saturated carbocycles. The molecular formula is C17H26Si. The van der Waals surface area contributed by atoms with E-state index in [-0.39, 0.29) is 0 Å². The Balaban J connectivity index is 2.94. The van der Waals surface area contributed by atoms with E-state index >= 15 is 0 Å². The quantitative estimate of drug-likeness (QED) is 0.520. The van der Waals surface area contributed by atoms with Crippen LogP contribution in [0, 0.1) is 0 Å². The molecule has 1 rings (SSSR count). The molecule has 0 aromatic heterocycles. The van der Waals surface area contributed by atoms with Crippen LogP contribution in [-0.4, -0.2) is 8.07 Å². The summed E-state index contributed by atoms with van der Waals surface area (Å²) >= 11 is 0. The molecular weight excluding hydrogens is 232 g/mol. The van der Waals surface area contributed by atoms with Crippen molar-refractivity contribution in [2.24, 2.45) is 0 Å². The minimum Gasteiger partial charge on any atom is -0.0998 e. The normalized spacial score (nSPS) is 11.2. The molecule has 18 heavy (non-hydrogen) atoms. The van der Waals surface area contributed by atoms with Crippen molar-refractivity contribution in [3.05, 3.63) is 53.6 Å². The molecule has 1 heteroatoms. The Bertz CT molecular complexity index is 434. The monoisotopic (exact) mass is 258 g/mol. The maximum absolute atomic E-state index is 4.06. The van der Waals surface area contributed by atoms with Crippen molar-refractivity contribution in [2.75, 3.05) is 0 Å². The van der Waals surface area contributed by atoms with Crippen LogP contribution in [-0.2, 0) is 0 Å². The van der Waals surface area contributed by atoms with Crippen molar-refractivity contribution in [1.29, 1.82) is 0 Å². The van der Waals surface area contributed by atoms with Crippen LogP contribution in [0.15, 0.2) is 53.6 Å². The molecule has 0 radical (unpaired) electrons. The minimum atomic E-state index is -1.37. The first-order chi connectivity index (χ1) is 8.33. The number of allylic oxidation sites excluding steroid dienone is 3. The second kappa shape index (κ2) is 6.19. The van der Waals surface area contributed by atoms with Crippen LogP contribution in [0.1, 0.15) is 27.2 Å². The lowest BCUT2D eigenvalue weighted by Gasteiger charge is -2.25. The molecule has 0 fully saturated rings. The Morgan fingerprint density at radius 1 is 1.06 bits per heavy atom. The van der Waals surface area contributed by atoms with Gasteiger partial charge in [0.2, 0.25) is 0 Å². The van der Waals surface area contributed by atoms with Gasteiger partial charge in [0.05, 0.1) is 8.07 Å². The van der Waals surface area contributed by atoms with E-state index in [1.807, 2.05) is 0 Å². The number of benzene rings is 1. The van der Waals surface area contributed by atoms with Gasteiger partial charge in [0, 0.05) is 0 Å². The van der Waals surface area contributed by atoms with Crippen molar-refractivity contribution in [2.45, 2.75) is 46.3 Å². The number of hydrogen-bond donors (Lipinski definition) is 0. The van der Waals surface area contributed by atoms with Crippen LogP contribution in [0.4, 0.5) is 0 Å². The fourth-order valence-corrected chi connectivity index (χ4v) is 5.15. The Morgan fingerprint density at radius 3 is 2.06 bits per heavy atom. The molecule has 98 valence electrons. The lowest BCUT2D eigenvalue weighted by atomic mass is 10.1. The summed E-state index contributed by atoms with van der Waals surface area (Å²) in [5.41, 5.74) is 4.32. The van der Waals surface area contributed by atoms with E-state index in [9.17, 15) is 0 Å². The summed E-state index contributed by atoms with van der Waals surface area (Å²) in [5.74, 6) is 0. The highest BCUT2D eigenvalue weighted by atomic mass is 28.3. The van der Waals surface area contributed by atoms with Gasteiger partial charge in [0.15, 0.2) is 0 Å². The SMILES string of the molecule is C=C(C)CC(C[Si](C)(C)c1ccccc1)=C(C)C. The van der Waals surface area contributed by atoms with Crippen LogP contribution in [0.2, 0.25) is 19.1 Å². The molecule has 1 aromatic rings. The highest BCUT2D eigenvalue weighted by Crippen LogP contribution is 2.24. The summed E-state index contributed by atoms with van der Waals surface area (Å²) in [6, 6.07) is 12.2. The third kappa shape index (κ3) is 4.30. The van der Waals surface area contributed by atoms with Crippen molar-refractivity contribution in [1.82, 2.24) is 0 Å². The maximum Gasteiger partial charge on any atom is 0.0846 e. The topological polar surface area (TPSA) is 0 Å². The van der Waals surface area contributed by atoms with E-state index in [1.165, 1.54) is 17.2 Å². The van der Waals surface area contributed by atoms with Gasteiger partial charge in [-0.25, -0.2) is 0 Å². The van der Waals surface area contributed by atoms with Gasteiger partial charge in [-0.3, -0.25) is 0 Å². The second-order valence-electron chi connectivity index (χ2n) is 6.16. The summed E-state index contributed by atoms with van der Waals surface area (Å²) in [4.78, 5) is 0. The lowest BCUT2D eigenvalue weighted by Crippen LogP contribution is -2.41. The summed E-state index contributed by atoms with van der Waals surface area (Å²) in [6.45, 7) is 15.6. The van der Waals surface area contributed by atoms with E-state index in [4.69, 9.17) is 0 Å². The van der Waals surface area contributed by atoms with Crippen molar-refractivity contribution >= 4 is 13.3 Å². The zero-order valence-electron chi connectivity index (χ0n) is 12.5. The first-order valence-electron chi connectivity index (χ1n) is 6.68. The highest BCUT2D eigenvalue weighted by Gasteiger charge is 2.24. The molecule has 0 nitrogen and oxygen atoms in total. The molecule has 0 atom stereocenters. The van der Waals surface area contributed by atoms with Gasteiger partial charge in [-0.05, 0) is 33.2 Å². The third-order valence-corrected chi connectivity index (χ3v) is 6.64. The molecule has 0 N–H and O–H groups in total. The molecule has 0 saturated heterocycles. The van der Waals surface area contributed by atoms with Gasteiger partial charge in [-0.1, -0.05) is 71.9 Å². The second-order valence-corrected chi connectivity index (χ2v) is 10.9. The van der Waals surface area contributed by atoms with Crippen LogP contribution in [0.3, 0.4) is 0 Å². The van der Waals surface area contributed by atoms with Gasteiger partial charge in [-0.2, -0.15) is 0 Å². The standard InChI is InChI=1S/C17H26Si/c1-14(2)12-16(15(3)4)13-18(5,6)17-10-8-7-9-11-17/h7-11H,1,12-13H2,2-6H3. The average molecular weight is 258 g/mol. The van der Waals surface area contributed by atoms with E-state index in [0.717, 1.165) is 6.42 Å². The number of rotatable bonds is 5. The van der Waals surface area contributed by atoms with E-state index in [1.54, 1.807) is 10.8 Å². The Morgan fingerprint density at radius 2 is 1.61 bits per heavy atom. The van der Waals surface area contributed by atoms with E-state index < -0.39 is 8.07 Å². The molecule has 1 aromatic carbocycles. The van der Waals surface area contributed by atoms with Crippen molar-refractivity contribution in [3.8, 4) is 0 Å². The first kappa shape index (κ1) is 15.0. The molecule has 0 amide bonds. The molecule has 0 unspecified atom stereocenters. The van der Waals surface area contributed by atoms with E-state index in [2.05, 4.69) is 70.8 Å². The van der Waals surface area contributed by atoms with Crippen LogP contribution in [0.5, 0.6) is 0 Å².